The third kappa shape index (κ3) is 3.49. The van der Waals surface area contributed by atoms with Gasteiger partial charge in [-0.1, -0.05) is 19.1 Å². The van der Waals surface area contributed by atoms with E-state index in [9.17, 15) is 4.79 Å². The average Bonchev–Trinajstić information content (AvgIpc) is 2.50. The summed E-state index contributed by atoms with van der Waals surface area (Å²) in [6.45, 7) is 4.49. The Balaban J connectivity index is 2.25. The molecule has 0 radical (unpaired) electrons. The minimum absolute atomic E-state index is 0.150. The number of methoxy groups -OCH3 is 1. The molecule has 1 aromatic rings. The van der Waals surface area contributed by atoms with Crippen LogP contribution in [0.15, 0.2) is 24.3 Å². The highest BCUT2D eigenvalue weighted by atomic mass is 16.5. The number of ether oxygens (including phenoxy) is 2. The van der Waals surface area contributed by atoms with E-state index in [1.165, 1.54) is 0 Å². The molecule has 1 saturated carbocycles. The average molecular weight is 291 g/mol. The lowest BCUT2D eigenvalue weighted by molar-refractivity contribution is -0.150. The first-order valence-corrected chi connectivity index (χ1v) is 7.69. The van der Waals surface area contributed by atoms with Crippen LogP contribution in [0.1, 0.15) is 39.5 Å². The highest BCUT2D eigenvalue weighted by Gasteiger charge is 2.42. The predicted molar refractivity (Wildman–Crippen MR) is 83.6 cm³/mol. The van der Waals surface area contributed by atoms with E-state index in [4.69, 9.17) is 9.47 Å². The normalized spacial score (nSPS) is 25.2. The van der Waals surface area contributed by atoms with Crippen molar-refractivity contribution < 1.29 is 14.3 Å². The van der Waals surface area contributed by atoms with Crippen molar-refractivity contribution in [2.75, 3.05) is 19.0 Å². The zero-order valence-corrected chi connectivity index (χ0v) is 13.1. The van der Waals surface area contributed by atoms with Crippen LogP contribution in [0.3, 0.4) is 0 Å². The molecule has 0 aromatic heterocycles. The Morgan fingerprint density at radius 3 is 2.62 bits per heavy atom. The molecule has 0 unspecified atom stereocenters. The van der Waals surface area contributed by atoms with Gasteiger partial charge in [0, 0.05) is 0 Å². The molecule has 1 N–H and O–H groups in total. The van der Waals surface area contributed by atoms with Gasteiger partial charge in [0.2, 0.25) is 0 Å². The number of anilines is 1. The second-order valence-corrected chi connectivity index (χ2v) is 5.81. The zero-order valence-electron chi connectivity index (χ0n) is 13.1. The summed E-state index contributed by atoms with van der Waals surface area (Å²) in [5.74, 6) is 1.26. The van der Waals surface area contributed by atoms with Crippen LogP contribution in [0, 0.1) is 5.92 Å². The highest BCUT2D eigenvalue weighted by molar-refractivity contribution is 5.85. The third-order valence-electron chi connectivity index (χ3n) is 4.27. The first-order valence-electron chi connectivity index (χ1n) is 7.69. The van der Waals surface area contributed by atoms with Crippen molar-refractivity contribution in [3.8, 4) is 5.75 Å². The molecule has 0 amide bonds. The Bertz CT molecular complexity index is 479. The van der Waals surface area contributed by atoms with Crippen LogP contribution in [-0.2, 0) is 9.53 Å². The molecule has 0 heterocycles. The first-order chi connectivity index (χ1) is 10.1. The fraction of sp³-hybridized carbons (Fsp3) is 0.588. The maximum Gasteiger partial charge on any atom is 0.331 e. The van der Waals surface area contributed by atoms with Gasteiger partial charge in [0.15, 0.2) is 0 Å². The summed E-state index contributed by atoms with van der Waals surface area (Å²) in [6, 6.07) is 7.70. The van der Waals surface area contributed by atoms with Gasteiger partial charge >= 0.3 is 5.97 Å². The molecule has 0 spiro atoms. The molecule has 4 heteroatoms. The minimum atomic E-state index is -0.628. The Kier molecular flexibility index (Phi) is 5.10. The van der Waals surface area contributed by atoms with E-state index in [0.717, 1.165) is 37.1 Å². The van der Waals surface area contributed by atoms with E-state index in [-0.39, 0.29) is 5.97 Å². The summed E-state index contributed by atoms with van der Waals surface area (Å²) in [7, 11) is 1.64. The molecule has 1 aliphatic carbocycles. The van der Waals surface area contributed by atoms with E-state index in [1.54, 1.807) is 7.11 Å². The number of benzene rings is 1. The SMILES string of the molecule is CCOC(=O)C1(Nc2ccccc2OC)CCC(C)CC1. The number of carbonyl (C=O) groups is 1. The van der Waals surface area contributed by atoms with Crippen LogP contribution in [0.5, 0.6) is 5.75 Å². The monoisotopic (exact) mass is 291 g/mol. The molecule has 0 atom stereocenters. The van der Waals surface area contributed by atoms with E-state index >= 15 is 0 Å². The van der Waals surface area contributed by atoms with Gasteiger partial charge in [-0.2, -0.15) is 0 Å². The van der Waals surface area contributed by atoms with Crippen molar-refractivity contribution in [1.82, 2.24) is 0 Å². The number of esters is 1. The molecule has 21 heavy (non-hydrogen) atoms. The van der Waals surface area contributed by atoms with Gasteiger partial charge in [-0.25, -0.2) is 4.79 Å². The van der Waals surface area contributed by atoms with Crippen molar-refractivity contribution in [2.45, 2.75) is 45.1 Å². The number of hydrogen-bond donors (Lipinski definition) is 1. The molecular weight excluding hydrogens is 266 g/mol. The van der Waals surface area contributed by atoms with Gasteiger partial charge in [0.25, 0.3) is 0 Å². The Labute approximate surface area is 126 Å². The quantitative estimate of drug-likeness (QED) is 0.842. The van der Waals surface area contributed by atoms with E-state index in [2.05, 4.69) is 12.2 Å². The molecule has 0 aliphatic heterocycles. The van der Waals surface area contributed by atoms with Crippen LogP contribution in [0.25, 0.3) is 0 Å². The van der Waals surface area contributed by atoms with Gasteiger partial charge in [-0.3, -0.25) is 0 Å². The second-order valence-electron chi connectivity index (χ2n) is 5.81. The Hall–Kier alpha value is -1.71. The summed E-state index contributed by atoms with van der Waals surface area (Å²) in [5, 5.41) is 3.42. The van der Waals surface area contributed by atoms with Gasteiger partial charge in [-0.15, -0.1) is 0 Å². The molecule has 1 aromatic carbocycles. The van der Waals surface area contributed by atoms with E-state index in [0.29, 0.717) is 12.5 Å². The van der Waals surface area contributed by atoms with Crippen LogP contribution in [-0.4, -0.2) is 25.2 Å². The lowest BCUT2D eigenvalue weighted by Crippen LogP contribution is -2.50. The lowest BCUT2D eigenvalue weighted by Gasteiger charge is -2.38. The molecule has 2 rings (SSSR count). The van der Waals surface area contributed by atoms with Crippen LogP contribution in [0.2, 0.25) is 0 Å². The molecule has 1 fully saturated rings. The number of carbonyl (C=O) groups excluding carboxylic acids is 1. The standard InChI is InChI=1S/C17H25NO3/c1-4-21-16(19)17(11-9-13(2)10-12-17)18-14-7-5-6-8-15(14)20-3/h5-8,13,18H,4,9-12H2,1-3H3. The van der Waals surface area contributed by atoms with Gasteiger partial charge < -0.3 is 14.8 Å². The Morgan fingerprint density at radius 2 is 2.00 bits per heavy atom. The lowest BCUT2D eigenvalue weighted by atomic mass is 9.77. The van der Waals surface area contributed by atoms with Crippen molar-refractivity contribution in [3.63, 3.8) is 0 Å². The molecule has 1 aliphatic rings. The third-order valence-corrected chi connectivity index (χ3v) is 4.27. The minimum Gasteiger partial charge on any atom is -0.495 e. The fourth-order valence-electron chi connectivity index (χ4n) is 2.91. The van der Waals surface area contributed by atoms with Crippen molar-refractivity contribution in [2.24, 2.45) is 5.92 Å². The van der Waals surface area contributed by atoms with Gasteiger partial charge in [-0.05, 0) is 50.7 Å². The highest BCUT2D eigenvalue weighted by Crippen LogP contribution is 2.37. The smallest absolute Gasteiger partial charge is 0.331 e. The summed E-state index contributed by atoms with van der Waals surface area (Å²) in [6.07, 6.45) is 3.65. The zero-order chi connectivity index (χ0) is 15.3. The summed E-state index contributed by atoms with van der Waals surface area (Å²) in [4.78, 5) is 12.5. The molecule has 116 valence electrons. The Morgan fingerprint density at radius 1 is 1.33 bits per heavy atom. The first kappa shape index (κ1) is 15.7. The summed E-state index contributed by atoms with van der Waals surface area (Å²) < 4.78 is 10.7. The van der Waals surface area contributed by atoms with E-state index in [1.807, 2.05) is 31.2 Å². The summed E-state index contributed by atoms with van der Waals surface area (Å²) >= 11 is 0. The second kappa shape index (κ2) is 6.83. The largest absolute Gasteiger partial charge is 0.495 e. The van der Waals surface area contributed by atoms with Crippen molar-refractivity contribution >= 4 is 11.7 Å². The maximum atomic E-state index is 12.5. The maximum absolute atomic E-state index is 12.5. The van der Waals surface area contributed by atoms with Crippen molar-refractivity contribution in [3.05, 3.63) is 24.3 Å². The molecule has 0 bridgehead atoms. The molecular formula is C17H25NO3. The number of para-hydroxylation sites is 2. The topological polar surface area (TPSA) is 47.6 Å². The number of nitrogens with one attached hydrogen (secondary N) is 1. The molecule has 4 nitrogen and oxygen atoms in total. The van der Waals surface area contributed by atoms with Crippen LogP contribution in [0.4, 0.5) is 5.69 Å². The fourth-order valence-corrected chi connectivity index (χ4v) is 2.91. The van der Waals surface area contributed by atoms with Crippen LogP contribution < -0.4 is 10.1 Å². The molecule has 0 saturated heterocycles. The number of rotatable bonds is 5. The van der Waals surface area contributed by atoms with Gasteiger partial charge in [0.05, 0.1) is 19.4 Å². The summed E-state index contributed by atoms with van der Waals surface area (Å²) in [5.41, 5.74) is 0.222. The number of hydrogen-bond acceptors (Lipinski definition) is 4. The van der Waals surface area contributed by atoms with Crippen molar-refractivity contribution in [1.29, 1.82) is 0 Å². The predicted octanol–water partition coefficient (Wildman–Crippen LogP) is 3.62. The van der Waals surface area contributed by atoms with Gasteiger partial charge in [0.1, 0.15) is 11.3 Å². The van der Waals surface area contributed by atoms with E-state index < -0.39 is 5.54 Å². The van der Waals surface area contributed by atoms with Crippen LogP contribution >= 0.6 is 0 Å².